The van der Waals surface area contributed by atoms with Gasteiger partial charge in [-0.15, -0.1) is 0 Å². The predicted octanol–water partition coefficient (Wildman–Crippen LogP) is 2.98. The van der Waals surface area contributed by atoms with E-state index in [0.29, 0.717) is 12.5 Å². The van der Waals surface area contributed by atoms with Crippen molar-refractivity contribution >= 4 is 17.3 Å². The normalized spacial score (nSPS) is 11.0. The van der Waals surface area contributed by atoms with Gasteiger partial charge in [-0.2, -0.15) is 13.2 Å². The van der Waals surface area contributed by atoms with Crippen molar-refractivity contribution in [3.8, 4) is 0 Å². The van der Waals surface area contributed by atoms with Gasteiger partial charge in [-0.3, -0.25) is 14.9 Å². The molecule has 0 radical (unpaired) electrons. The zero-order chi connectivity index (χ0) is 16.0. The first-order chi connectivity index (χ1) is 9.75. The Morgan fingerprint density at radius 2 is 2.10 bits per heavy atom. The average molecular weight is 306 g/mol. The van der Waals surface area contributed by atoms with Crippen LogP contribution in [0.2, 0.25) is 0 Å². The van der Waals surface area contributed by atoms with Crippen molar-refractivity contribution in [3.05, 3.63) is 33.9 Å². The minimum absolute atomic E-state index is 0.0298. The number of anilines is 1. The maximum absolute atomic E-state index is 12.5. The Hall–Kier alpha value is -2.32. The van der Waals surface area contributed by atoms with Gasteiger partial charge in [0.15, 0.2) is 0 Å². The summed E-state index contributed by atoms with van der Waals surface area (Å²) in [4.78, 5) is 20.8. The Morgan fingerprint density at radius 3 is 2.62 bits per heavy atom. The summed E-state index contributed by atoms with van der Waals surface area (Å²) in [5.74, 6) is -0.432. The van der Waals surface area contributed by atoms with Gasteiger partial charge in [0.05, 0.1) is 17.6 Å². The number of nitrogens with one attached hydrogen (secondary N) is 1. The van der Waals surface area contributed by atoms with Crippen LogP contribution in [-0.2, 0) is 15.7 Å². The number of hydrogen-bond acceptors (Lipinski definition) is 5. The summed E-state index contributed by atoms with van der Waals surface area (Å²) in [7, 11) is 1.23. The van der Waals surface area contributed by atoms with Crippen molar-refractivity contribution in [2.24, 2.45) is 0 Å². The molecule has 9 heteroatoms. The molecule has 1 aromatic carbocycles. The molecule has 116 valence electrons. The molecule has 0 aliphatic heterocycles. The predicted molar refractivity (Wildman–Crippen MR) is 67.8 cm³/mol. The van der Waals surface area contributed by atoms with Crippen molar-refractivity contribution in [1.29, 1.82) is 0 Å². The second-order valence-electron chi connectivity index (χ2n) is 4.09. The maximum Gasteiger partial charge on any atom is 0.416 e. The van der Waals surface area contributed by atoms with Crippen LogP contribution in [0.3, 0.4) is 0 Å². The third-order valence-electron chi connectivity index (χ3n) is 2.62. The molecule has 0 heterocycles. The number of alkyl halides is 3. The third-order valence-corrected chi connectivity index (χ3v) is 2.62. The summed E-state index contributed by atoms with van der Waals surface area (Å²) >= 11 is 0. The number of carbonyl (C=O) groups is 1. The van der Waals surface area contributed by atoms with Crippen LogP contribution < -0.4 is 5.32 Å². The van der Waals surface area contributed by atoms with Crippen LogP contribution in [0.4, 0.5) is 24.5 Å². The molecule has 0 aliphatic carbocycles. The van der Waals surface area contributed by atoms with Gasteiger partial charge in [0.25, 0.3) is 5.69 Å². The third kappa shape index (κ3) is 4.93. The molecule has 0 unspecified atom stereocenters. The highest BCUT2D eigenvalue weighted by molar-refractivity contribution is 5.69. The van der Waals surface area contributed by atoms with E-state index in [0.717, 1.165) is 12.1 Å². The molecule has 21 heavy (non-hydrogen) atoms. The highest BCUT2D eigenvalue weighted by Crippen LogP contribution is 2.34. The Kier molecular flexibility index (Phi) is 5.51. The van der Waals surface area contributed by atoms with E-state index >= 15 is 0 Å². The largest absolute Gasteiger partial charge is 0.469 e. The molecule has 6 nitrogen and oxygen atoms in total. The van der Waals surface area contributed by atoms with E-state index in [2.05, 4.69) is 10.1 Å². The number of methoxy groups -OCH3 is 1. The molecular formula is C12H13F3N2O4. The highest BCUT2D eigenvalue weighted by Gasteiger charge is 2.32. The number of carbonyl (C=O) groups excluding carboxylic acids is 1. The van der Waals surface area contributed by atoms with Crippen LogP contribution in [0.15, 0.2) is 18.2 Å². The first-order valence-electron chi connectivity index (χ1n) is 5.92. The molecule has 0 aromatic heterocycles. The van der Waals surface area contributed by atoms with Gasteiger partial charge in [-0.05, 0) is 18.6 Å². The molecule has 0 amide bonds. The van der Waals surface area contributed by atoms with Crippen LogP contribution in [0.5, 0.6) is 0 Å². The van der Waals surface area contributed by atoms with Crippen molar-refractivity contribution < 1.29 is 27.6 Å². The molecule has 0 spiro atoms. The SMILES string of the molecule is COC(=O)CCCNc1ccc(C(F)(F)F)cc1[N+](=O)[O-]. The Balaban J connectivity index is 2.78. The number of halogens is 3. The van der Waals surface area contributed by atoms with Gasteiger partial charge in [0.1, 0.15) is 5.69 Å². The summed E-state index contributed by atoms with van der Waals surface area (Å²) in [6, 6.07) is 2.23. The standard InChI is InChI=1S/C12H13F3N2O4/c1-21-11(18)3-2-6-16-9-5-4-8(12(13,14)15)7-10(9)17(19)20/h4-5,7,16H,2-3,6H2,1H3. The van der Waals surface area contributed by atoms with Crippen molar-refractivity contribution in [3.63, 3.8) is 0 Å². The van der Waals surface area contributed by atoms with Crippen molar-refractivity contribution in [2.75, 3.05) is 19.0 Å². The van der Waals surface area contributed by atoms with E-state index in [4.69, 9.17) is 0 Å². The van der Waals surface area contributed by atoms with E-state index in [1.165, 1.54) is 7.11 Å². The number of benzene rings is 1. The Bertz CT molecular complexity index is 532. The lowest BCUT2D eigenvalue weighted by Crippen LogP contribution is -2.10. The summed E-state index contributed by atoms with van der Waals surface area (Å²) in [6.07, 6.45) is -4.20. The molecule has 0 fully saturated rings. The van der Waals surface area contributed by atoms with Crippen LogP contribution in [-0.4, -0.2) is 24.5 Å². The second kappa shape index (κ2) is 6.91. The van der Waals surface area contributed by atoms with Gasteiger partial charge >= 0.3 is 12.1 Å². The Labute approximate surface area is 118 Å². The molecule has 1 N–H and O–H groups in total. The van der Waals surface area contributed by atoms with Crippen LogP contribution in [0.1, 0.15) is 18.4 Å². The number of nitrogens with zero attached hydrogens (tertiary/aromatic N) is 1. The van der Waals surface area contributed by atoms with Crippen molar-refractivity contribution in [2.45, 2.75) is 19.0 Å². The van der Waals surface area contributed by atoms with Crippen LogP contribution in [0.25, 0.3) is 0 Å². The smallest absolute Gasteiger partial charge is 0.416 e. The lowest BCUT2D eigenvalue weighted by Gasteiger charge is -2.10. The maximum atomic E-state index is 12.5. The number of nitro groups is 1. The second-order valence-corrected chi connectivity index (χ2v) is 4.09. The van der Waals surface area contributed by atoms with Gasteiger partial charge in [-0.1, -0.05) is 0 Å². The summed E-state index contributed by atoms with van der Waals surface area (Å²) < 4.78 is 41.9. The fraction of sp³-hybridized carbons (Fsp3) is 0.417. The van der Waals surface area contributed by atoms with Crippen LogP contribution >= 0.6 is 0 Å². The number of esters is 1. The topological polar surface area (TPSA) is 81.5 Å². The molecule has 0 bridgehead atoms. The van der Waals surface area contributed by atoms with Gasteiger partial charge in [-0.25, -0.2) is 0 Å². The molecule has 0 atom stereocenters. The average Bonchev–Trinajstić information content (AvgIpc) is 2.41. The lowest BCUT2D eigenvalue weighted by molar-refractivity contribution is -0.384. The molecule has 0 saturated heterocycles. The Morgan fingerprint density at radius 1 is 1.43 bits per heavy atom. The minimum atomic E-state index is -4.64. The summed E-state index contributed by atoms with van der Waals surface area (Å²) in [6.45, 7) is 0.196. The number of hydrogen-bond donors (Lipinski definition) is 1. The van der Waals surface area contributed by atoms with Gasteiger partial charge < -0.3 is 10.1 Å². The summed E-state index contributed by atoms with van der Waals surface area (Å²) in [5.41, 5.74) is -1.78. The molecule has 0 aliphatic rings. The van der Waals surface area contributed by atoms with Gasteiger partial charge in [0.2, 0.25) is 0 Å². The first-order valence-corrected chi connectivity index (χ1v) is 5.92. The van der Waals surface area contributed by atoms with Crippen LogP contribution in [0, 0.1) is 10.1 Å². The van der Waals surface area contributed by atoms with E-state index in [1.807, 2.05) is 0 Å². The van der Waals surface area contributed by atoms with E-state index in [-0.39, 0.29) is 18.7 Å². The zero-order valence-electron chi connectivity index (χ0n) is 11.1. The minimum Gasteiger partial charge on any atom is -0.469 e. The summed E-state index contributed by atoms with van der Waals surface area (Å²) in [5, 5.41) is 13.4. The molecular weight excluding hydrogens is 293 g/mol. The zero-order valence-corrected chi connectivity index (χ0v) is 11.1. The molecule has 1 rings (SSSR count). The number of rotatable bonds is 6. The van der Waals surface area contributed by atoms with E-state index in [1.54, 1.807) is 0 Å². The monoisotopic (exact) mass is 306 g/mol. The molecule has 0 saturated carbocycles. The first kappa shape index (κ1) is 16.7. The van der Waals surface area contributed by atoms with Crippen molar-refractivity contribution in [1.82, 2.24) is 0 Å². The fourth-order valence-electron chi connectivity index (χ4n) is 1.57. The quantitative estimate of drug-likeness (QED) is 0.378. The number of ether oxygens (including phenoxy) is 1. The fourth-order valence-corrected chi connectivity index (χ4v) is 1.57. The van der Waals surface area contributed by atoms with E-state index < -0.39 is 28.3 Å². The van der Waals surface area contributed by atoms with Gasteiger partial charge in [0, 0.05) is 19.0 Å². The van der Waals surface area contributed by atoms with E-state index in [9.17, 15) is 28.1 Å². The molecule has 1 aromatic rings. The lowest BCUT2D eigenvalue weighted by atomic mass is 10.1. The highest BCUT2D eigenvalue weighted by atomic mass is 19.4. The number of nitro benzene ring substituents is 1.